The number of nitrogens with zero attached hydrogens (tertiary/aromatic N) is 1. The molecule has 4 nitrogen and oxygen atoms in total. The zero-order valence-corrected chi connectivity index (χ0v) is 17.2. The van der Waals surface area contributed by atoms with Gasteiger partial charge in [0, 0.05) is 21.3 Å². The molecule has 4 rings (SSSR count). The van der Waals surface area contributed by atoms with Gasteiger partial charge in [-0.25, -0.2) is 4.98 Å². The lowest BCUT2D eigenvalue weighted by Crippen LogP contribution is -2.11. The SMILES string of the molecule is CC(C)c1ccc2oc(-c3cccc(NC(=O)c4cccc(Br)c4)c3)nc2c1. The minimum absolute atomic E-state index is 0.169. The minimum atomic E-state index is -0.169. The van der Waals surface area contributed by atoms with E-state index in [9.17, 15) is 4.79 Å². The van der Waals surface area contributed by atoms with Crippen molar-refractivity contribution in [3.63, 3.8) is 0 Å². The molecule has 3 aromatic carbocycles. The molecule has 1 heterocycles. The number of anilines is 1. The van der Waals surface area contributed by atoms with Gasteiger partial charge in [0.25, 0.3) is 5.91 Å². The third kappa shape index (κ3) is 3.85. The molecule has 0 saturated carbocycles. The summed E-state index contributed by atoms with van der Waals surface area (Å²) in [5.74, 6) is 0.799. The monoisotopic (exact) mass is 434 g/mol. The maximum absolute atomic E-state index is 12.5. The van der Waals surface area contributed by atoms with Crippen LogP contribution in [0.4, 0.5) is 5.69 Å². The molecule has 0 aliphatic carbocycles. The largest absolute Gasteiger partial charge is 0.436 e. The van der Waals surface area contributed by atoms with Gasteiger partial charge in [0.15, 0.2) is 5.58 Å². The molecule has 0 atom stereocenters. The fourth-order valence-electron chi connectivity index (χ4n) is 2.99. The first-order chi connectivity index (χ1) is 13.5. The summed E-state index contributed by atoms with van der Waals surface area (Å²) in [6, 6.07) is 20.9. The van der Waals surface area contributed by atoms with E-state index in [2.05, 4.69) is 52.2 Å². The van der Waals surface area contributed by atoms with Gasteiger partial charge < -0.3 is 9.73 Å². The first-order valence-corrected chi connectivity index (χ1v) is 9.87. The van der Waals surface area contributed by atoms with Crippen molar-refractivity contribution in [2.75, 3.05) is 5.32 Å². The van der Waals surface area contributed by atoms with E-state index < -0.39 is 0 Å². The van der Waals surface area contributed by atoms with Gasteiger partial charge in [0.1, 0.15) is 5.52 Å². The van der Waals surface area contributed by atoms with E-state index in [0.717, 1.165) is 21.1 Å². The van der Waals surface area contributed by atoms with Gasteiger partial charge in [-0.2, -0.15) is 0 Å². The fourth-order valence-corrected chi connectivity index (χ4v) is 3.39. The smallest absolute Gasteiger partial charge is 0.255 e. The molecule has 0 aliphatic rings. The Balaban J connectivity index is 1.61. The van der Waals surface area contributed by atoms with Crippen LogP contribution in [0, 0.1) is 0 Å². The van der Waals surface area contributed by atoms with Gasteiger partial charge in [0.2, 0.25) is 5.89 Å². The van der Waals surface area contributed by atoms with Gasteiger partial charge in [-0.15, -0.1) is 0 Å². The molecule has 4 aromatic rings. The molecule has 0 saturated heterocycles. The molecule has 1 aromatic heterocycles. The lowest BCUT2D eigenvalue weighted by molar-refractivity contribution is 0.102. The third-order valence-corrected chi connectivity index (χ3v) is 5.03. The van der Waals surface area contributed by atoms with Crippen LogP contribution in [0.2, 0.25) is 0 Å². The van der Waals surface area contributed by atoms with Gasteiger partial charge in [-0.05, 0) is 60.0 Å². The van der Waals surface area contributed by atoms with Crippen LogP contribution in [0.3, 0.4) is 0 Å². The van der Waals surface area contributed by atoms with E-state index in [1.165, 1.54) is 5.56 Å². The molecule has 5 heteroatoms. The Morgan fingerprint density at radius 2 is 1.86 bits per heavy atom. The predicted molar refractivity (Wildman–Crippen MR) is 116 cm³/mol. The molecular weight excluding hydrogens is 416 g/mol. The summed E-state index contributed by atoms with van der Waals surface area (Å²) in [7, 11) is 0. The van der Waals surface area contributed by atoms with Crippen LogP contribution in [0.5, 0.6) is 0 Å². The quantitative estimate of drug-likeness (QED) is 0.391. The zero-order chi connectivity index (χ0) is 19.7. The average Bonchev–Trinajstić information content (AvgIpc) is 3.11. The van der Waals surface area contributed by atoms with Gasteiger partial charge in [-0.1, -0.05) is 48.0 Å². The number of benzene rings is 3. The summed E-state index contributed by atoms with van der Waals surface area (Å²) in [6.45, 7) is 4.30. The van der Waals surface area contributed by atoms with E-state index in [1.54, 1.807) is 12.1 Å². The first kappa shape index (κ1) is 18.4. The Kier molecular flexibility index (Phi) is 5.01. The standard InChI is InChI=1S/C23H19BrN2O2/c1-14(2)15-9-10-21-20(13-15)26-23(28-21)17-6-4-8-19(12-17)25-22(27)16-5-3-7-18(24)11-16/h3-14H,1-2H3,(H,25,27). The Morgan fingerprint density at radius 1 is 1.04 bits per heavy atom. The summed E-state index contributed by atoms with van der Waals surface area (Å²) in [5, 5.41) is 2.92. The van der Waals surface area contributed by atoms with Crippen molar-refractivity contribution >= 4 is 38.6 Å². The molecule has 1 N–H and O–H groups in total. The summed E-state index contributed by atoms with van der Waals surface area (Å²) in [4.78, 5) is 17.1. The molecule has 140 valence electrons. The topological polar surface area (TPSA) is 55.1 Å². The summed E-state index contributed by atoms with van der Waals surface area (Å²) >= 11 is 3.39. The number of carbonyl (C=O) groups excluding carboxylic acids is 1. The summed E-state index contributed by atoms with van der Waals surface area (Å²) in [5.41, 5.74) is 4.90. The maximum atomic E-state index is 12.5. The van der Waals surface area contributed by atoms with E-state index in [-0.39, 0.29) is 5.91 Å². The second kappa shape index (κ2) is 7.60. The minimum Gasteiger partial charge on any atom is -0.436 e. The molecule has 0 aliphatic heterocycles. The van der Waals surface area contributed by atoms with E-state index >= 15 is 0 Å². The number of fused-ring (bicyclic) bond motifs is 1. The van der Waals surface area contributed by atoms with E-state index in [4.69, 9.17) is 4.42 Å². The molecule has 28 heavy (non-hydrogen) atoms. The van der Waals surface area contributed by atoms with Crippen molar-refractivity contribution in [1.29, 1.82) is 0 Å². The highest BCUT2D eigenvalue weighted by Crippen LogP contribution is 2.28. The third-order valence-electron chi connectivity index (χ3n) is 4.53. The number of nitrogens with one attached hydrogen (secondary N) is 1. The molecular formula is C23H19BrN2O2. The van der Waals surface area contributed by atoms with E-state index in [1.807, 2.05) is 42.5 Å². The second-order valence-corrected chi connectivity index (χ2v) is 7.86. The van der Waals surface area contributed by atoms with Crippen LogP contribution in [0.1, 0.15) is 35.7 Å². The van der Waals surface area contributed by atoms with Crippen molar-refractivity contribution in [3.05, 3.63) is 82.3 Å². The van der Waals surface area contributed by atoms with Crippen LogP contribution < -0.4 is 5.32 Å². The van der Waals surface area contributed by atoms with Crippen LogP contribution in [-0.4, -0.2) is 10.9 Å². The molecule has 0 radical (unpaired) electrons. The lowest BCUT2D eigenvalue weighted by atomic mass is 10.0. The highest BCUT2D eigenvalue weighted by atomic mass is 79.9. The lowest BCUT2D eigenvalue weighted by Gasteiger charge is -2.06. The predicted octanol–water partition coefficient (Wildman–Crippen LogP) is 6.63. The van der Waals surface area contributed by atoms with Crippen LogP contribution in [0.25, 0.3) is 22.6 Å². The van der Waals surface area contributed by atoms with Crippen molar-refractivity contribution in [3.8, 4) is 11.5 Å². The number of hydrogen-bond acceptors (Lipinski definition) is 3. The Labute approximate surface area is 171 Å². The second-order valence-electron chi connectivity index (χ2n) is 6.95. The van der Waals surface area contributed by atoms with Crippen molar-refractivity contribution in [2.24, 2.45) is 0 Å². The number of rotatable bonds is 4. The van der Waals surface area contributed by atoms with Crippen LogP contribution in [0.15, 0.2) is 75.6 Å². The van der Waals surface area contributed by atoms with Crippen LogP contribution >= 0.6 is 15.9 Å². The summed E-state index contributed by atoms with van der Waals surface area (Å²) in [6.07, 6.45) is 0. The number of halogens is 1. The van der Waals surface area contributed by atoms with Crippen molar-refractivity contribution in [1.82, 2.24) is 4.98 Å². The van der Waals surface area contributed by atoms with Crippen LogP contribution in [-0.2, 0) is 0 Å². The number of amides is 1. The summed E-state index contributed by atoms with van der Waals surface area (Å²) < 4.78 is 6.78. The molecule has 0 unspecified atom stereocenters. The normalized spacial score (nSPS) is 11.1. The van der Waals surface area contributed by atoms with Gasteiger partial charge in [0.05, 0.1) is 0 Å². The number of aromatic nitrogens is 1. The first-order valence-electron chi connectivity index (χ1n) is 9.07. The Morgan fingerprint density at radius 3 is 2.64 bits per heavy atom. The van der Waals surface area contributed by atoms with Crippen molar-refractivity contribution < 1.29 is 9.21 Å². The Hall–Kier alpha value is -2.92. The van der Waals surface area contributed by atoms with Crippen molar-refractivity contribution in [2.45, 2.75) is 19.8 Å². The molecule has 1 amide bonds. The average molecular weight is 435 g/mol. The van der Waals surface area contributed by atoms with Gasteiger partial charge in [-0.3, -0.25) is 4.79 Å². The Bertz CT molecular complexity index is 1160. The van der Waals surface area contributed by atoms with Gasteiger partial charge >= 0.3 is 0 Å². The number of carbonyl (C=O) groups is 1. The molecule has 0 fully saturated rings. The zero-order valence-electron chi connectivity index (χ0n) is 15.6. The van der Waals surface area contributed by atoms with E-state index in [0.29, 0.717) is 23.1 Å². The highest BCUT2D eigenvalue weighted by Gasteiger charge is 2.12. The molecule has 0 bridgehead atoms. The maximum Gasteiger partial charge on any atom is 0.255 e. The number of oxazole rings is 1. The number of hydrogen-bond donors (Lipinski definition) is 1. The molecule has 0 spiro atoms. The highest BCUT2D eigenvalue weighted by molar-refractivity contribution is 9.10. The fraction of sp³-hybridized carbons (Fsp3) is 0.130.